The summed E-state index contributed by atoms with van der Waals surface area (Å²) in [5.74, 6) is -0.173. The minimum atomic E-state index is -0.278. The number of aromatic nitrogens is 1. The molecule has 22 heavy (non-hydrogen) atoms. The molecule has 1 N–H and O–H groups in total. The number of aliphatic hydroxyl groups excluding tert-OH is 1. The van der Waals surface area contributed by atoms with Crippen LogP contribution >= 0.6 is 0 Å². The van der Waals surface area contributed by atoms with Crippen molar-refractivity contribution in [3.05, 3.63) is 53.2 Å². The fourth-order valence-electron chi connectivity index (χ4n) is 2.84. The Morgan fingerprint density at radius 1 is 1.41 bits per heavy atom. The van der Waals surface area contributed by atoms with Crippen molar-refractivity contribution in [3.8, 4) is 0 Å². The van der Waals surface area contributed by atoms with Crippen molar-refractivity contribution in [2.75, 3.05) is 6.54 Å². The summed E-state index contributed by atoms with van der Waals surface area (Å²) in [6.45, 7) is 0.394. The Bertz CT molecular complexity index is 654. The van der Waals surface area contributed by atoms with Crippen LogP contribution < -0.4 is 0 Å². The second-order valence-corrected chi connectivity index (χ2v) is 5.46. The largest absolute Gasteiger partial charge is 0.388 e. The maximum absolute atomic E-state index is 13.0. The third-order valence-corrected chi connectivity index (χ3v) is 3.96. The summed E-state index contributed by atoms with van der Waals surface area (Å²) in [4.78, 5) is 14.3. The molecule has 6 heteroatoms. The van der Waals surface area contributed by atoms with Crippen LogP contribution in [0, 0.1) is 5.82 Å². The number of carbonyl (C=O) groups is 1. The lowest BCUT2D eigenvalue weighted by Crippen LogP contribution is -2.37. The first-order valence-corrected chi connectivity index (χ1v) is 7.29. The number of nitrogens with zero attached hydrogens (tertiary/aromatic N) is 2. The van der Waals surface area contributed by atoms with E-state index in [0.717, 1.165) is 18.4 Å². The summed E-state index contributed by atoms with van der Waals surface area (Å²) in [6, 6.07) is 7.90. The molecule has 5 nitrogen and oxygen atoms in total. The number of aliphatic hydroxyl groups is 1. The molecular weight excluding hydrogens is 287 g/mol. The molecule has 116 valence electrons. The van der Waals surface area contributed by atoms with Crippen LogP contribution in [0.4, 0.5) is 4.39 Å². The molecule has 2 heterocycles. The van der Waals surface area contributed by atoms with Gasteiger partial charge in [0, 0.05) is 18.7 Å². The molecule has 1 aromatic heterocycles. The second kappa shape index (κ2) is 6.27. The lowest BCUT2D eigenvalue weighted by Gasteiger charge is -2.23. The second-order valence-electron chi connectivity index (χ2n) is 5.46. The lowest BCUT2D eigenvalue weighted by molar-refractivity contribution is 0.0725. The Hall–Kier alpha value is -2.21. The number of halogens is 1. The van der Waals surface area contributed by atoms with E-state index in [0.29, 0.717) is 13.0 Å². The van der Waals surface area contributed by atoms with E-state index >= 15 is 0 Å². The zero-order valence-corrected chi connectivity index (χ0v) is 12.0. The van der Waals surface area contributed by atoms with Gasteiger partial charge in [0.25, 0.3) is 5.91 Å². The molecule has 1 aliphatic heterocycles. The molecule has 0 radical (unpaired) electrons. The summed E-state index contributed by atoms with van der Waals surface area (Å²) in [5.41, 5.74) is 1.22. The van der Waals surface area contributed by atoms with Crippen LogP contribution in [-0.2, 0) is 13.0 Å². The zero-order valence-electron chi connectivity index (χ0n) is 12.0. The molecule has 0 saturated carbocycles. The molecular formula is C16H17FN2O3. The highest BCUT2D eigenvalue weighted by molar-refractivity contribution is 5.92. The highest BCUT2D eigenvalue weighted by Crippen LogP contribution is 2.23. The van der Waals surface area contributed by atoms with Crippen LogP contribution in [0.15, 0.2) is 34.9 Å². The Labute approximate surface area is 127 Å². The predicted octanol–water partition coefficient (Wildman–Crippen LogP) is 2.15. The van der Waals surface area contributed by atoms with E-state index in [1.165, 1.54) is 18.2 Å². The van der Waals surface area contributed by atoms with Gasteiger partial charge in [-0.3, -0.25) is 4.79 Å². The van der Waals surface area contributed by atoms with Gasteiger partial charge >= 0.3 is 0 Å². The van der Waals surface area contributed by atoms with Gasteiger partial charge in [0.2, 0.25) is 0 Å². The molecule has 0 spiro atoms. The number of hydrogen-bond acceptors (Lipinski definition) is 4. The van der Waals surface area contributed by atoms with Crippen molar-refractivity contribution < 1.29 is 18.8 Å². The third kappa shape index (κ3) is 3.01. The van der Waals surface area contributed by atoms with Crippen molar-refractivity contribution in [2.24, 2.45) is 0 Å². The van der Waals surface area contributed by atoms with E-state index in [1.54, 1.807) is 17.0 Å². The molecule has 1 amide bonds. The topological polar surface area (TPSA) is 66.6 Å². The summed E-state index contributed by atoms with van der Waals surface area (Å²) in [5, 5.41) is 12.7. The average Bonchev–Trinajstić information content (AvgIpc) is 3.18. The van der Waals surface area contributed by atoms with E-state index in [4.69, 9.17) is 9.63 Å². The monoisotopic (exact) mass is 304 g/mol. The molecule has 1 atom stereocenters. The predicted molar refractivity (Wildman–Crippen MR) is 76.6 cm³/mol. The molecule has 0 aliphatic carbocycles. The molecule has 1 aromatic carbocycles. The van der Waals surface area contributed by atoms with Crippen LogP contribution in [0.2, 0.25) is 0 Å². The normalized spacial score (nSPS) is 17.9. The van der Waals surface area contributed by atoms with Crippen LogP contribution in [0.3, 0.4) is 0 Å². The Kier molecular flexibility index (Phi) is 4.20. The van der Waals surface area contributed by atoms with Gasteiger partial charge in [0.1, 0.15) is 12.4 Å². The minimum absolute atomic E-state index is 0.0761. The standard InChI is InChI=1S/C16H17FN2O3/c17-12-5-3-11(4-6-12)8-13-2-1-7-19(13)16(21)15-9-14(10-20)22-18-15/h3-6,9,13,20H,1-2,7-8,10H2. The molecule has 2 aromatic rings. The maximum Gasteiger partial charge on any atom is 0.276 e. The molecule has 3 rings (SSSR count). The van der Waals surface area contributed by atoms with Crippen LogP contribution in [0.1, 0.15) is 34.7 Å². The SMILES string of the molecule is O=C(c1cc(CO)on1)N1CCCC1Cc1ccc(F)cc1. The van der Waals surface area contributed by atoms with Gasteiger partial charge in [0.05, 0.1) is 0 Å². The average molecular weight is 304 g/mol. The molecule has 0 bridgehead atoms. The van der Waals surface area contributed by atoms with E-state index in [-0.39, 0.29) is 35.8 Å². The van der Waals surface area contributed by atoms with E-state index in [9.17, 15) is 9.18 Å². The molecule has 1 aliphatic rings. The van der Waals surface area contributed by atoms with Crippen LogP contribution in [-0.4, -0.2) is 33.7 Å². The number of likely N-dealkylation sites (tertiary alicyclic amines) is 1. The first-order valence-electron chi connectivity index (χ1n) is 7.29. The number of benzene rings is 1. The highest BCUT2D eigenvalue weighted by atomic mass is 19.1. The highest BCUT2D eigenvalue weighted by Gasteiger charge is 2.31. The van der Waals surface area contributed by atoms with Gasteiger partial charge in [-0.1, -0.05) is 17.3 Å². The van der Waals surface area contributed by atoms with Gasteiger partial charge in [-0.25, -0.2) is 4.39 Å². The van der Waals surface area contributed by atoms with E-state index in [2.05, 4.69) is 5.16 Å². The molecule has 1 unspecified atom stereocenters. The number of hydrogen-bond donors (Lipinski definition) is 1. The Morgan fingerprint density at radius 2 is 2.18 bits per heavy atom. The molecule has 1 fully saturated rings. The summed E-state index contributed by atoms with van der Waals surface area (Å²) in [7, 11) is 0. The first-order chi connectivity index (χ1) is 10.7. The van der Waals surface area contributed by atoms with Crippen LogP contribution in [0.25, 0.3) is 0 Å². The maximum atomic E-state index is 13.0. The van der Waals surface area contributed by atoms with Gasteiger partial charge in [-0.05, 0) is 37.0 Å². The van der Waals surface area contributed by atoms with Crippen molar-refractivity contribution >= 4 is 5.91 Å². The van der Waals surface area contributed by atoms with E-state index < -0.39 is 0 Å². The number of carbonyl (C=O) groups excluding carboxylic acids is 1. The van der Waals surface area contributed by atoms with Crippen LogP contribution in [0.5, 0.6) is 0 Å². The first kappa shape index (κ1) is 14.7. The fraction of sp³-hybridized carbons (Fsp3) is 0.375. The van der Waals surface area contributed by atoms with Crippen molar-refractivity contribution in [1.82, 2.24) is 10.1 Å². The number of amides is 1. The summed E-state index contributed by atoms with van der Waals surface area (Å²) in [6.07, 6.45) is 2.53. The molecule has 1 saturated heterocycles. The number of rotatable bonds is 4. The summed E-state index contributed by atoms with van der Waals surface area (Å²) < 4.78 is 17.8. The van der Waals surface area contributed by atoms with E-state index in [1.807, 2.05) is 0 Å². The smallest absolute Gasteiger partial charge is 0.276 e. The quantitative estimate of drug-likeness (QED) is 0.940. The van der Waals surface area contributed by atoms with Gasteiger partial charge in [-0.2, -0.15) is 0 Å². The summed E-state index contributed by atoms with van der Waals surface area (Å²) >= 11 is 0. The van der Waals surface area contributed by atoms with Gasteiger partial charge in [0.15, 0.2) is 11.5 Å². The van der Waals surface area contributed by atoms with Crippen molar-refractivity contribution in [1.29, 1.82) is 0 Å². The Balaban J connectivity index is 1.72. The third-order valence-electron chi connectivity index (χ3n) is 3.96. The minimum Gasteiger partial charge on any atom is -0.388 e. The fourth-order valence-corrected chi connectivity index (χ4v) is 2.84. The van der Waals surface area contributed by atoms with Gasteiger partial charge < -0.3 is 14.5 Å². The van der Waals surface area contributed by atoms with Crippen molar-refractivity contribution in [2.45, 2.75) is 31.9 Å². The van der Waals surface area contributed by atoms with Crippen molar-refractivity contribution in [3.63, 3.8) is 0 Å². The van der Waals surface area contributed by atoms with Gasteiger partial charge in [-0.15, -0.1) is 0 Å². The lowest BCUT2D eigenvalue weighted by atomic mass is 10.0. The zero-order chi connectivity index (χ0) is 15.5. The Morgan fingerprint density at radius 3 is 2.86 bits per heavy atom.